The molecule has 0 bridgehead atoms. The fourth-order valence-corrected chi connectivity index (χ4v) is 4.85. The van der Waals surface area contributed by atoms with Gasteiger partial charge in [-0.2, -0.15) is 5.26 Å². The first kappa shape index (κ1) is 21.2. The van der Waals surface area contributed by atoms with E-state index in [2.05, 4.69) is 21.7 Å². The molecule has 1 unspecified atom stereocenters. The van der Waals surface area contributed by atoms with Crippen LogP contribution < -0.4 is 10.6 Å². The molecule has 0 radical (unpaired) electrons. The van der Waals surface area contributed by atoms with Gasteiger partial charge in [0.2, 0.25) is 5.91 Å². The van der Waals surface area contributed by atoms with Crippen molar-refractivity contribution >= 4 is 40.7 Å². The Morgan fingerprint density at radius 1 is 1.29 bits per heavy atom. The van der Waals surface area contributed by atoms with Crippen molar-refractivity contribution in [1.82, 2.24) is 10.3 Å². The Balaban J connectivity index is 1.60. The molecule has 156 valence electrons. The van der Waals surface area contributed by atoms with Crippen molar-refractivity contribution in [1.29, 1.82) is 5.26 Å². The topological polar surface area (TPSA) is 94.9 Å². The van der Waals surface area contributed by atoms with Crippen molar-refractivity contribution in [2.24, 2.45) is 0 Å². The van der Waals surface area contributed by atoms with Gasteiger partial charge in [0, 0.05) is 30.1 Å². The van der Waals surface area contributed by atoms with Crippen molar-refractivity contribution in [3.8, 4) is 6.07 Å². The molecule has 0 fully saturated rings. The second-order valence-electron chi connectivity index (χ2n) is 7.18. The molecule has 6 nitrogen and oxygen atoms in total. The Kier molecular flexibility index (Phi) is 6.40. The number of hydrogen-bond acceptors (Lipinski definition) is 6. The van der Waals surface area contributed by atoms with Gasteiger partial charge in [-0.25, -0.2) is 0 Å². The first-order valence-corrected chi connectivity index (χ1v) is 11.2. The summed E-state index contributed by atoms with van der Waals surface area (Å²) in [6.07, 6.45) is 5.31. The Morgan fingerprint density at radius 2 is 2.13 bits per heavy atom. The molecule has 2 aromatic rings. The number of ketones is 1. The van der Waals surface area contributed by atoms with Crippen molar-refractivity contribution in [2.75, 3.05) is 11.1 Å². The average Bonchev–Trinajstić information content (AvgIpc) is 2.79. The van der Waals surface area contributed by atoms with Crippen LogP contribution in [0.15, 0.2) is 70.7 Å². The fraction of sp³-hybridized carbons (Fsp3) is 0.217. The SMILES string of the molecule is N#CC1=C(SCC(=O)Nc2ccccc2Cl)NC2=C(C(=O)CCC2)C1c1cccnc1. The summed E-state index contributed by atoms with van der Waals surface area (Å²) >= 11 is 7.35. The Labute approximate surface area is 189 Å². The monoisotopic (exact) mass is 450 g/mol. The van der Waals surface area contributed by atoms with E-state index in [1.807, 2.05) is 6.07 Å². The number of anilines is 1. The van der Waals surface area contributed by atoms with Crippen LogP contribution in [0.25, 0.3) is 0 Å². The lowest BCUT2D eigenvalue weighted by atomic mass is 9.77. The van der Waals surface area contributed by atoms with Crippen molar-refractivity contribution in [2.45, 2.75) is 25.2 Å². The summed E-state index contributed by atoms with van der Waals surface area (Å²) in [6.45, 7) is 0. The van der Waals surface area contributed by atoms with Gasteiger partial charge in [0.1, 0.15) is 0 Å². The minimum absolute atomic E-state index is 0.0517. The third kappa shape index (κ3) is 4.50. The van der Waals surface area contributed by atoms with E-state index in [9.17, 15) is 14.9 Å². The summed E-state index contributed by atoms with van der Waals surface area (Å²) in [6, 6.07) is 13.0. The maximum atomic E-state index is 12.7. The molecular formula is C23H19ClN4O2S. The number of allylic oxidation sites excluding steroid dienone is 3. The number of pyridine rings is 1. The smallest absolute Gasteiger partial charge is 0.234 e. The molecule has 31 heavy (non-hydrogen) atoms. The van der Waals surface area contributed by atoms with E-state index < -0.39 is 5.92 Å². The van der Waals surface area contributed by atoms with Crippen LogP contribution in [-0.2, 0) is 9.59 Å². The highest BCUT2D eigenvalue weighted by Gasteiger charge is 2.37. The summed E-state index contributed by atoms with van der Waals surface area (Å²) in [7, 11) is 0. The number of rotatable bonds is 5. The number of para-hydroxylation sites is 1. The summed E-state index contributed by atoms with van der Waals surface area (Å²) in [5.41, 5.74) is 3.23. The minimum atomic E-state index is -0.475. The van der Waals surface area contributed by atoms with Crippen molar-refractivity contribution in [3.63, 3.8) is 0 Å². The van der Waals surface area contributed by atoms with Gasteiger partial charge >= 0.3 is 0 Å². The molecule has 4 rings (SSSR count). The number of thioether (sulfide) groups is 1. The van der Waals surface area contributed by atoms with Gasteiger partial charge in [-0.3, -0.25) is 14.6 Å². The van der Waals surface area contributed by atoms with Crippen LogP contribution in [0.1, 0.15) is 30.7 Å². The lowest BCUT2D eigenvalue weighted by Gasteiger charge is -2.33. The number of dihydropyridines is 1. The van der Waals surface area contributed by atoms with Crippen LogP contribution in [0.5, 0.6) is 0 Å². The number of carbonyl (C=O) groups is 2. The summed E-state index contributed by atoms with van der Waals surface area (Å²) in [4.78, 5) is 29.4. The number of hydrogen-bond donors (Lipinski definition) is 2. The Bertz CT molecular complexity index is 1140. The molecular weight excluding hydrogens is 432 g/mol. The summed E-state index contributed by atoms with van der Waals surface area (Å²) in [5.74, 6) is -0.565. The van der Waals surface area contributed by atoms with Crippen LogP contribution in [0.4, 0.5) is 5.69 Å². The van der Waals surface area contributed by atoms with Gasteiger partial charge in [0.05, 0.1) is 39.1 Å². The molecule has 2 N–H and O–H groups in total. The normalized spacial score (nSPS) is 18.2. The molecule has 2 heterocycles. The molecule has 1 aliphatic heterocycles. The quantitative estimate of drug-likeness (QED) is 0.694. The zero-order valence-corrected chi connectivity index (χ0v) is 18.1. The molecule has 1 amide bonds. The zero-order valence-electron chi connectivity index (χ0n) is 16.5. The number of benzene rings is 1. The predicted octanol–water partition coefficient (Wildman–Crippen LogP) is 4.54. The molecule has 1 aromatic carbocycles. The molecule has 2 aliphatic rings. The van der Waals surface area contributed by atoms with Gasteiger partial charge in [0.15, 0.2) is 5.78 Å². The number of nitrogens with one attached hydrogen (secondary N) is 2. The van der Waals surface area contributed by atoms with E-state index in [0.29, 0.717) is 33.3 Å². The molecule has 1 aliphatic carbocycles. The molecule has 8 heteroatoms. The highest BCUT2D eigenvalue weighted by molar-refractivity contribution is 8.03. The first-order valence-electron chi connectivity index (χ1n) is 9.83. The minimum Gasteiger partial charge on any atom is -0.352 e. The second kappa shape index (κ2) is 9.38. The Morgan fingerprint density at radius 3 is 2.87 bits per heavy atom. The lowest BCUT2D eigenvalue weighted by molar-refractivity contribution is -0.116. The van der Waals surface area contributed by atoms with Crippen molar-refractivity contribution < 1.29 is 9.59 Å². The van der Waals surface area contributed by atoms with Crippen LogP contribution in [0.3, 0.4) is 0 Å². The number of Topliss-reactive ketones (excluding diaryl/α,β-unsaturated/α-hetero) is 1. The third-order valence-corrected chi connectivity index (χ3v) is 6.52. The number of carbonyl (C=O) groups excluding carboxylic acids is 2. The molecule has 0 saturated carbocycles. The fourth-order valence-electron chi connectivity index (χ4n) is 3.80. The maximum absolute atomic E-state index is 12.7. The highest BCUT2D eigenvalue weighted by Crippen LogP contribution is 2.43. The Hall–Kier alpha value is -3.08. The van der Waals surface area contributed by atoms with E-state index in [0.717, 1.165) is 24.1 Å². The van der Waals surface area contributed by atoms with Gasteiger partial charge in [-0.05, 0) is 36.6 Å². The summed E-state index contributed by atoms with van der Waals surface area (Å²) in [5, 5.41) is 17.1. The van der Waals surface area contributed by atoms with E-state index in [-0.39, 0.29) is 17.4 Å². The average molecular weight is 451 g/mol. The number of amides is 1. The van der Waals surface area contributed by atoms with E-state index in [1.54, 1.807) is 42.7 Å². The molecule has 1 atom stereocenters. The first-order chi connectivity index (χ1) is 15.1. The highest BCUT2D eigenvalue weighted by atomic mass is 35.5. The van der Waals surface area contributed by atoms with Gasteiger partial charge in [0.25, 0.3) is 0 Å². The van der Waals surface area contributed by atoms with Crippen LogP contribution >= 0.6 is 23.4 Å². The molecule has 0 spiro atoms. The van der Waals surface area contributed by atoms with Gasteiger partial charge < -0.3 is 10.6 Å². The predicted molar refractivity (Wildman–Crippen MR) is 121 cm³/mol. The zero-order chi connectivity index (χ0) is 21.8. The standard InChI is InChI=1S/C23H19ClN4O2S/c24-16-6-1-2-7-17(16)27-20(30)13-31-23-15(11-25)21(14-5-4-10-26-12-14)22-18(28-23)8-3-9-19(22)29/h1-2,4-7,10,12,21,28H,3,8-9,13H2,(H,27,30). The van der Waals surface area contributed by atoms with Crippen LogP contribution in [0, 0.1) is 11.3 Å². The summed E-state index contributed by atoms with van der Waals surface area (Å²) < 4.78 is 0. The third-order valence-electron chi connectivity index (χ3n) is 5.18. The van der Waals surface area contributed by atoms with E-state index in [4.69, 9.17) is 11.6 Å². The van der Waals surface area contributed by atoms with Crippen molar-refractivity contribution in [3.05, 3.63) is 81.3 Å². The van der Waals surface area contributed by atoms with E-state index >= 15 is 0 Å². The maximum Gasteiger partial charge on any atom is 0.234 e. The number of aromatic nitrogens is 1. The lowest BCUT2D eigenvalue weighted by Crippen LogP contribution is -2.31. The number of nitriles is 1. The van der Waals surface area contributed by atoms with Gasteiger partial charge in [-0.15, -0.1) is 0 Å². The van der Waals surface area contributed by atoms with E-state index in [1.165, 1.54) is 11.8 Å². The van der Waals surface area contributed by atoms with Crippen LogP contribution in [-0.4, -0.2) is 22.4 Å². The number of halogens is 1. The second-order valence-corrected chi connectivity index (χ2v) is 8.58. The van der Waals surface area contributed by atoms with Crippen LogP contribution in [0.2, 0.25) is 5.02 Å². The largest absolute Gasteiger partial charge is 0.352 e. The molecule has 1 aromatic heterocycles. The molecule has 0 saturated heterocycles. The van der Waals surface area contributed by atoms with Gasteiger partial charge in [-0.1, -0.05) is 41.6 Å². The number of nitrogens with zero attached hydrogens (tertiary/aromatic N) is 2.